The fourth-order valence-corrected chi connectivity index (χ4v) is 3.81. The second-order valence-corrected chi connectivity index (χ2v) is 7.04. The van der Waals surface area contributed by atoms with Gasteiger partial charge in [0.05, 0.1) is 0 Å². The van der Waals surface area contributed by atoms with Crippen molar-refractivity contribution in [3.63, 3.8) is 0 Å². The van der Waals surface area contributed by atoms with E-state index in [-0.39, 0.29) is 0 Å². The first-order chi connectivity index (χ1) is 9.70. The summed E-state index contributed by atoms with van der Waals surface area (Å²) < 4.78 is 0. The maximum atomic E-state index is 3.84. The van der Waals surface area contributed by atoms with Crippen molar-refractivity contribution in [3.05, 3.63) is 0 Å². The molecule has 118 valence electrons. The minimum absolute atomic E-state index is 0.709. The zero-order valence-corrected chi connectivity index (χ0v) is 13.9. The molecule has 0 aromatic carbocycles. The van der Waals surface area contributed by atoms with Crippen LogP contribution in [0, 0.1) is 5.92 Å². The topological polar surface area (TPSA) is 18.5 Å². The van der Waals surface area contributed by atoms with E-state index in [1.54, 1.807) is 0 Å². The van der Waals surface area contributed by atoms with E-state index >= 15 is 0 Å². The van der Waals surface area contributed by atoms with E-state index in [9.17, 15) is 0 Å². The van der Waals surface area contributed by atoms with E-state index in [4.69, 9.17) is 0 Å². The van der Waals surface area contributed by atoms with Crippen LogP contribution in [-0.4, -0.2) is 61.2 Å². The fraction of sp³-hybridized carbons (Fsp3) is 1.00. The zero-order chi connectivity index (χ0) is 14.4. The van der Waals surface area contributed by atoms with Crippen LogP contribution in [0.15, 0.2) is 0 Å². The Kier molecular flexibility index (Phi) is 6.79. The normalized spacial score (nSPS) is 24.6. The lowest BCUT2D eigenvalue weighted by Gasteiger charge is -2.39. The van der Waals surface area contributed by atoms with Gasteiger partial charge in [-0.2, -0.15) is 0 Å². The molecule has 1 heterocycles. The Bertz CT molecular complexity index is 253. The van der Waals surface area contributed by atoms with Gasteiger partial charge in [-0.25, -0.2) is 0 Å². The first-order valence-corrected chi connectivity index (χ1v) is 8.90. The average molecular weight is 281 g/mol. The Balaban J connectivity index is 1.78. The monoisotopic (exact) mass is 281 g/mol. The van der Waals surface area contributed by atoms with Crippen LogP contribution in [-0.2, 0) is 0 Å². The summed E-state index contributed by atoms with van der Waals surface area (Å²) in [5, 5.41) is 3.84. The van der Waals surface area contributed by atoms with E-state index in [1.807, 2.05) is 0 Å². The number of hydrogen-bond acceptors (Lipinski definition) is 3. The first-order valence-electron chi connectivity index (χ1n) is 8.90. The van der Waals surface area contributed by atoms with Crippen LogP contribution in [0.1, 0.15) is 52.9 Å². The Hall–Kier alpha value is -0.120. The lowest BCUT2D eigenvalue weighted by Crippen LogP contribution is -2.53. The van der Waals surface area contributed by atoms with Crippen molar-refractivity contribution in [2.45, 2.75) is 65.0 Å². The molecule has 0 aromatic rings. The second-order valence-electron chi connectivity index (χ2n) is 7.04. The van der Waals surface area contributed by atoms with Crippen molar-refractivity contribution >= 4 is 0 Å². The molecule has 1 aliphatic heterocycles. The Morgan fingerprint density at radius 2 is 1.70 bits per heavy atom. The molecule has 1 unspecified atom stereocenters. The molecule has 0 spiro atoms. The summed E-state index contributed by atoms with van der Waals surface area (Å²) in [4.78, 5) is 5.31. The van der Waals surface area contributed by atoms with E-state index < -0.39 is 0 Å². The van der Waals surface area contributed by atoms with Crippen LogP contribution >= 0.6 is 0 Å². The van der Waals surface area contributed by atoms with Crippen LogP contribution in [0.3, 0.4) is 0 Å². The molecule has 1 atom stereocenters. The third-order valence-corrected chi connectivity index (χ3v) is 5.22. The Labute approximate surface area is 126 Å². The minimum Gasteiger partial charge on any atom is -0.312 e. The standard InChI is InChI=1S/C17H35N3/c1-4-9-18-17(16-7-5-6-8-16)14-19-10-12-20(13-11-19)15(2)3/h15-18H,4-14H2,1-3H3. The molecule has 1 saturated heterocycles. The first kappa shape index (κ1) is 16.3. The van der Waals surface area contributed by atoms with Crippen molar-refractivity contribution < 1.29 is 0 Å². The van der Waals surface area contributed by atoms with Gasteiger partial charge in [-0.1, -0.05) is 19.8 Å². The van der Waals surface area contributed by atoms with Gasteiger partial charge in [-0.3, -0.25) is 9.80 Å². The highest BCUT2D eigenvalue weighted by atomic mass is 15.3. The molecule has 20 heavy (non-hydrogen) atoms. The molecular weight excluding hydrogens is 246 g/mol. The number of piperazine rings is 1. The summed E-state index contributed by atoms with van der Waals surface area (Å²) in [6, 6.07) is 1.45. The highest BCUT2D eigenvalue weighted by Crippen LogP contribution is 2.28. The molecule has 1 N–H and O–H groups in total. The highest BCUT2D eigenvalue weighted by Gasteiger charge is 2.27. The van der Waals surface area contributed by atoms with Crippen molar-refractivity contribution in [2.75, 3.05) is 39.3 Å². The molecule has 2 rings (SSSR count). The molecule has 2 fully saturated rings. The molecule has 1 saturated carbocycles. The van der Waals surface area contributed by atoms with Crippen LogP contribution in [0.25, 0.3) is 0 Å². The van der Waals surface area contributed by atoms with Gasteiger partial charge in [-0.15, -0.1) is 0 Å². The molecule has 0 bridgehead atoms. The fourth-order valence-electron chi connectivity index (χ4n) is 3.81. The Morgan fingerprint density at radius 1 is 1.05 bits per heavy atom. The van der Waals surface area contributed by atoms with Gasteiger partial charge >= 0.3 is 0 Å². The molecule has 0 amide bonds. The summed E-state index contributed by atoms with van der Waals surface area (Å²) >= 11 is 0. The predicted molar refractivity (Wildman–Crippen MR) is 87.2 cm³/mol. The number of hydrogen-bond donors (Lipinski definition) is 1. The van der Waals surface area contributed by atoms with Gasteiger partial charge in [0.15, 0.2) is 0 Å². The summed E-state index contributed by atoms with van der Waals surface area (Å²) in [6.07, 6.45) is 7.07. The van der Waals surface area contributed by atoms with E-state index in [0.717, 1.165) is 12.0 Å². The third kappa shape index (κ3) is 4.71. The lowest BCUT2D eigenvalue weighted by molar-refractivity contribution is 0.0943. The third-order valence-electron chi connectivity index (χ3n) is 5.22. The van der Waals surface area contributed by atoms with Crippen LogP contribution in [0.5, 0.6) is 0 Å². The molecular formula is C17H35N3. The largest absolute Gasteiger partial charge is 0.312 e. The van der Waals surface area contributed by atoms with Gasteiger partial charge in [-0.05, 0) is 45.6 Å². The van der Waals surface area contributed by atoms with Gasteiger partial charge in [0.2, 0.25) is 0 Å². The van der Waals surface area contributed by atoms with Gasteiger partial charge < -0.3 is 5.32 Å². The highest BCUT2D eigenvalue weighted by molar-refractivity contribution is 4.85. The van der Waals surface area contributed by atoms with Crippen molar-refractivity contribution in [1.82, 2.24) is 15.1 Å². The van der Waals surface area contributed by atoms with E-state index in [0.29, 0.717) is 6.04 Å². The average Bonchev–Trinajstić information content (AvgIpc) is 2.98. The van der Waals surface area contributed by atoms with E-state index in [2.05, 4.69) is 35.9 Å². The van der Waals surface area contributed by atoms with E-state index in [1.165, 1.54) is 71.4 Å². The summed E-state index contributed by atoms with van der Waals surface area (Å²) in [6.45, 7) is 14.4. The second kappa shape index (κ2) is 8.35. The van der Waals surface area contributed by atoms with Gasteiger partial charge in [0, 0.05) is 44.8 Å². The molecule has 0 radical (unpaired) electrons. The summed E-state index contributed by atoms with van der Waals surface area (Å²) in [5.74, 6) is 0.935. The quantitative estimate of drug-likeness (QED) is 0.774. The van der Waals surface area contributed by atoms with Gasteiger partial charge in [0.1, 0.15) is 0 Å². The Morgan fingerprint density at radius 3 is 2.25 bits per heavy atom. The molecule has 0 aromatic heterocycles. The predicted octanol–water partition coefficient (Wildman–Crippen LogP) is 2.57. The van der Waals surface area contributed by atoms with Crippen molar-refractivity contribution in [3.8, 4) is 0 Å². The van der Waals surface area contributed by atoms with Crippen molar-refractivity contribution in [2.24, 2.45) is 5.92 Å². The molecule has 1 aliphatic carbocycles. The SMILES string of the molecule is CCCNC(CN1CCN(C(C)C)CC1)C1CCCC1. The molecule has 2 aliphatic rings. The maximum Gasteiger partial charge on any atom is 0.0223 e. The minimum atomic E-state index is 0.709. The van der Waals surface area contributed by atoms with Crippen molar-refractivity contribution in [1.29, 1.82) is 0 Å². The van der Waals surface area contributed by atoms with Gasteiger partial charge in [0.25, 0.3) is 0 Å². The number of nitrogens with zero attached hydrogens (tertiary/aromatic N) is 2. The van der Waals surface area contributed by atoms with Crippen LogP contribution < -0.4 is 5.32 Å². The summed E-state index contributed by atoms with van der Waals surface area (Å²) in [7, 11) is 0. The summed E-state index contributed by atoms with van der Waals surface area (Å²) in [5.41, 5.74) is 0. The molecule has 3 nitrogen and oxygen atoms in total. The van der Waals surface area contributed by atoms with Crippen LogP contribution in [0.2, 0.25) is 0 Å². The maximum absolute atomic E-state index is 3.84. The number of nitrogens with one attached hydrogen (secondary N) is 1. The molecule has 3 heteroatoms. The van der Waals surface area contributed by atoms with Crippen LogP contribution in [0.4, 0.5) is 0 Å². The number of rotatable bonds is 7. The zero-order valence-electron chi connectivity index (χ0n) is 13.9. The smallest absolute Gasteiger partial charge is 0.0223 e. The lowest BCUT2D eigenvalue weighted by atomic mass is 9.97.